The van der Waals surface area contributed by atoms with E-state index in [4.69, 9.17) is 4.42 Å². The lowest BCUT2D eigenvalue weighted by Gasteiger charge is -1.92. The van der Waals surface area contributed by atoms with Crippen molar-refractivity contribution in [3.8, 4) is 0 Å². The molecule has 0 aliphatic carbocycles. The van der Waals surface area contributed by atoms with Gasteiger partial charge in [-0.3, -0.25) is 9.48 Å². The quantitative estimate of drug-likeness (QED) is 0.804. The molecule has 2 heterocycles. The molecule has 0 spiro atoms. The van der Waals surface area contributed by atoms with Crippen molar-refractivity contribution >= 4 is 21.7 Å². The molecule has 2 rings (SSSR count). The second kappa shape index (κ2) is 4.02. The van der Waals surface area contributed by atoms with E-state index < -0.39 is 0 Å². The molecular formula is C10H9BrN2O2. The van der Waals surface area contributed by atoms with Gasteiger partial charge in [0.15, 0.2) is 10.4 Å². The summed E-state index contributed by atoms with van der Waals surface area (Å²) >= 11 is 3.15. The van der Waals surface area contributed by atoms with E-state index in [9.17, 15) is 4.79 Å². The van der Waals surface area contributed by atoms with Crippen LogP contribution >= 0.6 is 15.9 Å². The summed E-state index contributed by atoms with van der Waals surface area (Å²) in [6, 6.07) is 3.33. The molecule has 4 nitrogen and oxygen atoms in total. The SMILES string of the molecule is CCn1cc(C(=O)c2ccc(Br)o2)cn1. The number of rotatable bonds is 3. The largest absolute Gasteiger partial charge is 0.446 e. The van der Waals surface area contributed by atoms with Gasteiger partial charge in [0, 0.05) is 12.7 Å². The number of aromatic nitrogens is 2. The smallest absolute Gasteiger partial charge is 0.231 e. The zero-order chi connectivity index (χ0) is 10.8. The van der Waals surface area contributed by atoms with Crippen molar-refractivity contribution in [1.29, 1.82) is 0 Å². The van der Waals surface area contributed by atoms with Gasteiger partial charge in [-0.05, 0) is 35.0 Å². The van der Waals surface area contributed by atoms with Gasteiger partial charge < -0.3 is 4.42 Å². The van der Waals surface area contributed by atoms with Gasteiger partial charge in [0.1, 0.15) is 0 Å². The maximum atomic E-state index is 11.8. The lowest BCUT2D eigenvalue weighted by molar-refractivity contribution is 0.101. The first-order chi connectivity index (χ1) is 7.20. The Labute approximate surface area is 95.0 Å². The topological polar surface area (TPSA) is 48.0 Å². The van der Waals surface area contributed by atoms with E-state index in [2.05, 4.69) is 21.0 Å². The normalized spacial score (nSPS) is 10.5. The third-order valence-electron chi connectivity index (χ3n) is 2.02. The molecule has 2 aromatic heterocycles. The Balaban J connectivity index is 2.28. The summed E-state index contributed by atoms with van der Waals surface area (Å²) in [7, 11) is 0. The minimum Gasteiger partial charge on any atom is -0.446 e. The predicted molar refractivity (Wildman–Crippen MR) is 57.7 cm³/mol. The standard InChI is InChI=1S/C10H9BrN2O2/c1-2-13-6-7(5-12-13)10(14)8-3-4-9(11)15-8/h3-6H,2H2,1H3. The molecule has 0 saturated carbocycles. The van der Waals surface area contributed by atoms with E-state index in [0.717, 1.165) is 6.54 Å². The van der Waals surface area contributed by atoms with Crippen LogP contribution in [-0.2, 0) is 6.54 Å². The van der Waals surface area contributed by atoms with Crippen molar-refractivity contribution in [2.75, 3.05) is 0 Å². The van der Waals surface area contributed by atoms with Crippen molar-refractivity contribution in [2.45, 2.75) is 13.5 Å². The second-order valence-corrected chi connectivity index (χ2v) is 3.80. The molecule has 0 aromatic carbocycles. The summed E-state index contributed by atoms with van der Waals surface area (Å²) in [5, 5.41) is 4.03. The summed E-state index contributed by atoms with van der Waals surface area (Å²) in [6.07, 6.45) is 3.25. The molecule has 0 aliphatic heterocycles. The summed E-state index contributed by atoms with van der Waals surface area (Å²) < 4.78 is 7.42. The van der Waals surface area contributed by atoms with E-state index in [-0.39, 0.29) is 5.78 Å². The van der Waals surface area contributed by atoms with Crippen LogP contribution in [-0.4, -0.2) is 15.6 Å². The zero-order valence-electron chi connectivity index (χ0n) is 8.11. The van der Waals surface area contributed by atoms with Crippen LogP contribution in [0, 0.1) is 0 Å². The molecule has 0 saturated heterocycles. The third-order valence-corrected chi connectivity index (χ3v) is 2.44. The van der Waals surface area contributed by atoms with E-state index in [1.54, 1.807) is 29.2 Å². The summed E-state index contributed by atoms with van der Waals surface area (Å²) in [6.45, 7) is 2.71. The Hall–Kier alpha value is -1.36. The lowest BCUT2D eigenvalue weighted by atomic mass is 10.2. The van der Waals surface area contributed by atoms with Crippen LogP contribution in [0.15, 0.2) is 33.6 Å². The minimum atomic E-state index is -0.152. The van der Waals surface area contributed by atoms with Crippen molar-refractivity contribution in [2.24, 2.45) is 0 Å². The molecule has 5 heteroatoms. The van der Waals surface area contributed by atoms with Crippen LogP contribution in [0.25, 0.3) is 0 Å². The highest BCUT2D eigenvalue weighted by Gasteiger charge is 2.14. The fourth-order valence-electron chi connectivity index (χ4n) is 1.23. The molecule has 0 N–H and O–H groups in total. The van der Waals surface area contributed by atoms with E-state index in [1.165, 1.54) is 0 Å². The van der Waals surface area contributed by atoms with Crippen molar-refractivity contribution in [3.63, 3.8) is 0 Å². The maximum Gasteiger partial charge on any atom is 0.231 e. The Kier molecular flexibility index (Phi) is 2.73. The molecule has 0 atom stereocenters. The van der Waals surface area contributed by atoms with Crippen LogP contribution in [0.3, 0.4) is 0 Å². The average molecular weight is 269 g/mol. The molecule has 2 aromatic rings. The number of ketones is 1. The van der Waals surface area contributed by atoms with Crippen LogP contribution < -0.4 is 0 Å². The van der Waals surface area contributed by atoms with Gasteiger partial charge in [-0.1, -0.05) is 0 Å². The third kappa shape index (κ3) is 2.02. The summed E-state index contributed by atoms with van der Waals surface area (Å²) in [4.78, 5) is 11.8. The first-order valence-electron chi connectivity index (χ1n) is 4.53. The molecule has 0 fully saturated rings. The Bertz CT molecular complexity index is 487. The van der Waals surface area contributed by atoms with E-state index in [1.807, 2.05) is 6.92 Å². The van der Waals surface area contributed by atoms with Gasteiger partial charge in [-0.15, -0.1) is 0 Å². The number of halogens is 1. The Morgan fingerprint density at radius 3 is 2.93 bits per heavy atom. The number of carbonyl (C=O) groups excluding carboxylic acids is 1. The number of carbonyl (C=O) groups is 1. The van der Waals surface area contributed by atoms with Crippen LogP contribution in [0.1, 0.15) is 23.0 Å². The van der Waals surface area contributed by atoms with Gasteiger partial charge in [-0.25, -0.2) is 0 Å². The van der Waals surface area contributed by atoms with Crippen LogP contribution in [0.4, 0.5) is 0 Å². The number of hydrogen-bond acceptors (Lipinski definition) is 3. The van der Waals surface area contributed by atoms with Crippen molar-refractivity contribution in [1.82, 2.24) is 9.78 Å². The van der Waals surface area contributed by atoms with Crippen molar-refractivity contribution in [3.05, 3.63) is 40.5 Å². The molecule has 0 aliphatic rings. The summed E-state index contributed by atoms with van der Waals surface area (Å²) in [5.74, 6) is 0.165. The monoisotopic (exact) mass is 268 g/mol. The molecule has 0 bridgehead atoms. The molecule has 78 valence electrons. The van der Waals surface area contributed by atoms with Gasteiger partial charge in [0.25, 0.3) is 0 Å². The number of nitrogens with zero attached hydrogens (tertiary/aromatic N) is 2. The van der Waals surface area contributed by atoms with E-state index >= 15 is 0 Å². The van der Waals surface area contributed by atoms with Gasteiger partial charge in [0.2, 0.25) is 5.78 Å². The minimum absolute atomic E-state index is 0.152. The van der Waals surface area contributed by atoms with E-state index in [0.29, 0.717) is 16.0 Å². The highest BCUT2D eigenvalue weighted by molar-refractivity contribution is 9.10. The second-order valence-electron chi connectivity index (χ2n) is 3.02. The van der Waals surface area contributed by atoms with Gasteiger partial charge in [0.05, 0.1) is 11.8 Å². The highest BCUT2D eigenvalue weighted by Crippen LogP contribution is 2.17. The number of furan rings is 1. The van der Waals surface area contributed by atoms with Crippen molar-refractivity contribution < 1.29 is 9.21 Å². The van der Waals surface area contributed by atoms with Gasteiger partial charge >= 0.3 is 0 Å². The zero-order valence-corrected chi connectivity index (χ0v) is 9.69. The van der Waals surface area contributed by atoms with Crippen LogP contribution in [0.5, 0.6) is 0 Å². The molecule has 0 amide bonds. The molecule has 0 radical (unpaired) electrons. The predicted octanol–water partition coefficient (Wildman–Crippen LogP) is 2.49. The number of hydrogen-bond donors (Lipinski definition) is 0. The molecule has 15 heavy (non-hydrogen) atoms. The molecular weight excluding hydrogens is 260 g/mol. The maximum absolute atomic E-state index is 11.8. The first kappa shape index (κ1) is 10.2. The fourth-order valence-corrected chi connectivity index (χ4v) is 1.54. The van der Waals surface area contributed by atoms with Gasteiger partial charge in [-0.2, -0.15) is 5.10 Å². The highest BCUT2D eigenvalue weighted by atomic mass is 79.9. The van der Waals surface area contributed by atoms with Crippen LogP contribution in [0.2, 0.25) is 0 Å². The lowest BCUT2D eigenvalue weighted by Crippen LogP contribution is -1.98. The Morgan fingerprint density at radius 1 is 1.60 bits per heavy atom. The fraction of sp³-hybridized carbons (Fsp3) is 0.200. The Morgan fingerprint density at radius 2 is 2.40 bits per heavy atom. The first-order valence-corrected chi connectivity index (χ1v) is 5.32. The summed E-state index contributed by atoms with van der Waals surface area (Å²) in [5.41, 5.74) is 0.540. The average Bonchev–Trinajstić information content (AvgIpc) is 2.84. The number of aryl methyl sites for hydroxylation is 1. The molecule has 0 unspecified atom stereocenters.